The van der Waals surface area contributed by atoms with Crippen LogP contribution in [-0.2, 0) is 0 Å². The standard InChI is InChI=1S/C10H12BrNO4.C7H6BrNO4.C7H7BrO2/c1-6(2)16-10-8(12(13)14)4-7(11)5-9(10)15-3;1-13-6-3-4(8)2-5(7(6)10)9(11)12;1-10-7-4-5(8)2-3-6(7)9/h4-6H,1-3H3;2-3,10H,1H3;2-4,9H,1H3. The highest BCUT2D eigenvalue weighted by atomic mass is 79.9. The second-order valence-electron chi connectivity index (χ2n) is 7.43. The minimum Gasteiger partial charge on any atom is -0.504 e. The van der Waals surface area contributed by atoms with Crippen LogP contribution in [0.4, 0.5) is 11.4 Å². The summed E-state index contributed by atoms with van der Waals surface area (Å²) in [5.74, 6) is 0.748. The van der Waals surface area contributed by atoms with Crippen LogP contribution in [0.1, 0.15) is 13.8 Å². The molecule has 0 bridgehead atoms. The molecule has 0 fully saturated rings. The van der Waals surface area contributed by atoms with Crippen molar-refractivity contribution < 1.29 is 39.0 Å². The van der Waals surface area contributed by atoms with Gasteiger partial charge in [0.25, 0.3) is 0 Å². The Hall–Kier alpha value is -3.30. The van der Waals surface area contributed by atoms with Crippen molar-refractivity contribution in [2.24, 2.45) is 0 Å². The molecule has 0 heterocycles. The maximum absolute atomic E-state index is 10.9. The molecule has 0 atom stereocenters. The smallest absolute Gasteiger partial charge is 0.316 e. The lowest BCUT2D eigenvalue weighted by molar-refractivity contribution is -0.386. The van der Waals surface area contributed by atoms with E-state index in [9.17, 15) is 25.3 Å². The Morgan fingerprint density at radius 1 is 0.718 bits per heavy atom. The number of hydrogen-bond donors (Lipinski definition) is 2. The highest BCUT2D eigenvalue weighted by molar-refractivity contribution is 9.11. The molecule has 0 saturated carbocycles. The monoisotopic (exact) mass is 738 g/mol. The van der Waals surface area contributed by atoms with Crippen molar-refractivity contribution >= 4 is 59.2 Å². The lowest BCUT2D eigenvalue weighted by Crippen LogP contribution is -2.08. The summed E-state index contributed by atoms with van der Waals surface area (Å²) >= 11 is 9.49. The van der Waals surface area contributed by atoms with E-state index in [1.807, 2.05) is 0 Å². The molecule has 0 spiro atoms. The molecule has 3 rings (SSSR count). The number of phenolic OH excluding ortho intramolecular Hbond substituents is 2. The number of halogens is 3. The van der Waals surface area contributed by atoms with E-state index in [1.165, 1.54) is 39.5 Å². The molecule has 3 aromatic carbocycles. The molecule has 0 radical (unpaired) electrons. The topological polar surface area (TPSA) is 164 Å². The Morgan fingerprint density at radius 2 is 1.18 bits per heavy atom. The van der Waals surface area contributed by atoms with E-state index >= 15 is 0 Å². The van der Waals surface area contributed by atoms with Gasteiger partial charge >= 0.3 is 11.4 Å². The van der Waals surface area contributed by atoms with Gasteiger partial charge in [0.15, 0.2) is 23.0 Å². The van der Waals surface area contributed by atoms with Crippen molar-refractivity contribution in [2.45, 2.75) is 20.0 Å². The maximum Gasteiger partial charge on any atom is 0.316 e. The van der Waals surface area contributed by atoms with Gasteiger partial charge in [-0.05, 0) is 44.2 Å². The van der Waals surface area contributed by atoms with Gasteiger partial charge < -0.3 is 29.2 Å². The fourth-order valence-corrected chi connectivity index (χ4v) is 3.89. The highest BCUT2D eigenvalue weighted by Crippen LogP contribution is 2.40. The summed E-state index contributed by atoms with van der Waals surface area (Å²) in [5.41, 5.74) is -0.494. The second-order valence-corrected chi connectivity index (χ2v) is 10.2. The van der Waals surface area contributed by atoms with E-state index in [2.05, 4.69) is 47.8 Å². The van der Waals surface area contributed by atoms with Crippen LogP contribution >= 0.6 is 47.8 Å². The Morgan fingerprint density at radius 3 is 1.62 bits per heavy atom. The van der Waals surface area contributed by atoms with E-state index in [0.29, 0.717) is 20.4 Å². The Balaban J connectivity index is 0.000000300. The summed E-state index contributed by atoms with van der Waals surface area (Å²) in [6.07, 6.45) is -0.159. The van der Waals surface area contributed by atoms with Crippen LogP contribution in [0.25, 0.3) is 0 Å². The van der Waals surface area contributed by atoms with Crippen LogP contribution in [0.3, 0.4) is 0 Å². The first-order valence-electron chi connectivity index (χ1n) is 10.7. The summed E-state index contributed by atoms with van der Waals surface area (Å²) in [5, 5.41) is 39.7. The van der Waals surface area contributed by atoms with Crippen LogP contribution in [-0.4, -0.2) is 47.5 Å². The van der Waals surface area contributed by atoms with E-state index in [1.54, 1.807) is 38.1 Å². The lowest BCUT2D eigenvalue weighted by Gasteiger charge is -2.13. The largest absolute Gasteiger partial charge is 0.504 e. The Kier molecular flexibility index (Phi) is 13.8. The molecule has 39 heavy (non-hydrogen) atoms. The lowest BCUT2D eigenvalue weighted by atomic mass is 10.2. The van der Waals surface area contributed by atoms with Crippen LogP contribution in [0, 0.1) is 20.2 Å². The van der Waals surface area contributed by atoms with Gasteiger partial charge in [0.1, 0.15) is 0 Å². The number of nitro benzene ring substituents is 2. The number of hydrogen-bond acceptors (Lipinski definition) is 10. The van der Waals surface area contributed by atoms with Gasteiger partial charge in [-0.2, -0.15) is 0 Å². The van der Waals surface area contributed by atoms with Crippen LogP contribution in [0.5, 0.6) is 34.5 Å². The van der Waals surface area contributed by atoms with Gasteiger partial charge in [0, 0.05) is 25.6 Å². The molecule has 12 nitrogen and oxygen atoms in total. The molecule has 2 N–H and O–H groups in total. The third-order valence-corrected chi connectivity index (χ3v) is 5.76. The molecule has 0 saturated heterocycles. The van der Waals surface area contributed by atoms with Crippen molar-refractivity contribution in [3.8, 4) is 34.5 Å². The molecule has 0 aliphatic heterocycles. The minimum absolute atomic E-state index is 0.0704. The molecular formula is C24H25Br3N2O10. The second kappa shape index (κ2) is 16.0. The van der Waals surface area contributed by atoms with E-state index < -0.39 is 15.6 Å². The minimum atomic E-state index is -0.678. The van der Waals surface area contributed by atoms with Gasteiger partial charge in [-0.3, -0.25) is 20.2 Å². The fraction of sp³-hybridized carbons (Fsp3) is 0.250. The van der Waals surface area contributed by atoms with Crippen molar-refractivity contribution in [3.63, 3.8) is 0 Å². The molecule has 3 aromatic rings. The predicted molar refractivity (Wildman–Crippen MR) is 154 cm³/mol. The van der Waals surface area contributed by atoms with E-state index in [4.69, 9.17) is 24.1 Å². The number of rotatable bonds is 7. The van der Waals surface area contributed by atoms with Crippen LogP contribution in [0.15, 0.2) is 55.9 Å². The van der Waals surface area contributed by atoms with Gasteiger partial charge in [-0.1, -0.05) is 47.8 Å². The van der Waals surface area contributed by atoms with Crippen molar-refractivity contribution in [1.29, 1.82) is 0 Å². The third-order valence-electron chi connectivity index (χ3n) is 4.35. The zero-order valence-electron chi connectivity index (χ0n) is 21.3. The molecule has 0 amide bonds. The molecule has 0 unspecified atom stereocenters. The quantitative estimate of drug-likeness (QED) is 0.184. The van der Waals surface area contributed by atoms with Gasteiger partial charge in [-0.15, -0.1) is 0 Å². The van der Waals surface area contributed by atoms with Crippen molar-refractivity contribution in [2.75, 3.05) is 21.3 Å². The number of nitrogens with zero attached hydrogens (tertiary/aromatic N) is 2. The first-order valence-corrected chi connectivity index (χ1v) is 13.0. The number of phenols is 2. The van der Waals surface area contributed by atoms with Gasteiger partial charge in [-0.25, -0.2) is 0 Å². The molecule has 15 heteroatoms. The van der Waals surface area contributed by atoms with Gasteiger partial charge in [0.05, 0.1) is 37.3 Å². The number of aromatic hydroxyl groups is 2. The molecular weight excluding hydrogens is 716 g/mol. The number of ether oxygens (including phenoxy) is 4. The summed E-state index contributed by atoms with van der Waals surface area (Å²) in [6.45, 7) is 3.59. The van der Waals surface area contributed by atoms with Crippen molar-refractivity contribution in [1.82, 2.24) is 0 Å². The highest BCUT2D eigenvalue weighted by Gasteiger charge is 2.22. The Labute approximate surface area is 249 Å². The average Bonchev–Trinajstić information content (AvgIpc) is 2.87. The number of methoxy groups -OCH3 is 3. The summed E-state index contributed by atoms with van der Waals surface area (Å²) in [7, 11) is 4.28. The number of nitro groups is 2. The normalized spacial score (nSPS) is 9.87. The zero-order chi connectivity index (χ0) is 29.9. The fourth-order valence-electron chi connectivity index (χ4n) is 2.70. The predicted octanol–water partition coefficient (Wildman–Crippen LogP) is 7.39. The summed E-state index contributed by atoms with van der Waals surface area (Å²) < 4.78 is 22.0. The molecule has 0 aliphatic rings. The first kappa shape index (κ1) is 33.7. The summed E-state index contributed by atoms with van der Waals surface area (Å²) in [6, 6.07) is 10.7. The average molecular weight is 741 g/mol. The first-order chi connectivity index (χ1) is 18.2. The molecule has 0 aliphatic carbocycles. The van der Waals surface area contributed by atoms with Crippen LogP contribution < -0.4 is 18.9 Å². The molecule has 0 aromatic heterocycles. The number of benzene rings is 3. The van der Waals surface area contributed by atoms with Crippen LogP contribution in [0.2, 0.25) is 0 Å². The Bertz CT molecular complexity index is 1310. The maximum atomic E-state index is 10.9. The van der Waals surface area contributed by atoms with E-state index in [0.717, 1.165) is 4.47 Å². The summed E-state index contributed by atoms with van der Waals surface area (Å²) in [4.78, 5) is 20.1. The van der Waals surface area contributed by atoms with E-state index in [-0.39, 0.29) is 34.7 Å². The third kappa shape index (κ3) is 10.4. The zero-order valence-corrected chi connectivity index (χ0v) is 26.1. The SMILES string of the molecule is COc1cc(Br)cc([N+](=O)[O-])c1O.COc1cc(Br)cc([N+](=O)[O-])c1OC(C)C.COc1cc(Br)ccc1O. The van der Waals surface area contributed by atoms with Crippen molar-refractivity contribution in [3.05, 3.63) is 76.1 Å². The molecule has 212 valence electrons. The van der Waals surface area contributed by atoms with Gasteiger partial charge in [0.2, 0.25) is 11.5 Å².